The molecule has 0 bridgehead atoms. The minimum absolute atomic E-state index is 0.0799. The van der Waals surface area contributed by atoms with Crippen molar-refractivity contribution in [2.75, 3.05) is 0 Å². The minimum Gasteiger partial charge on any atom is -0.269 e. The van der Waals surface area contributed by atoms with Gasteiger partial charge in [0, 0.05) is 18.2 Å². The number of aromatic nitrogens is 2. The Hall–Kier alpha value is -0.930. The van der Waals surface area contributed by atoms with Gasteiger partial charge < -0.3 is 0 Å². The van der Waals surface area contributed by atoms with Crippen LogP contribution in [0.3, 0.4) is 0 Å². The summed E-state index contributed by atoms with van der Waals surface area (Å²) in [6, 6.07) is 1.55. The van der Waals surface area contributed by atoms with Crippen LogP contribution < -0.4 is 0 Å². The van der Waals surface area contributed by atoms with E-state index in [0.29, 0.717) is 12.5 Å². The molecule has 4 heteroatoms. The largest absolute Gasteiger partial charge is 0.282 e. The van der Waals surface area contributed by atoms with Gasteiger partial charge in [-0.15, -0.1) is 0 Å². The molecule has 1 saturated carbocycles. The van der Waals surface area contributed by atoms with Crippen molar-refractivity contribution in [3.05, 3.63) is 17.5 Å². The smallest absolute Gasteiger partial charge is 0.269 e. The van der Waals surface area contributed by atoms with Gasteiger partial charge in [0.05, 0.1) is 0 Å². The maximum Gasteiger partial charge on any atom is 0.282 e. The maximum absolute atomic E-state index is 12.3. The highest BCUT2D eigenvalue weighted by Crippen LogP contribution is 2.40. The lowest BCUT2D eigenvalue weighted by molar-refractivity contribution is 0.145. The Kier molecular flexibility index (Phi) is 2.06. The summed E-state index contributed by atoms with van der Waals surface area (Å²) in [6.45, 7) is 2.60. The number of rotatable bonds is 3. The lowest BCUT2D eigenvalue weighted by atomic mass is 10.2. The number of hydrogen-bond donors (Lipinski definition) is 0. The van der Waals surface area contributed by atoms with Crippen molar-refractivity contribution in [3.8, 4) is 0 Å². The molecular weight excluding hydrogens is 174 g/mol. The van der Waals surface area contributed by atoms with Gasteiger partial charge >= 0.3 is 0 Å². The Morgan fingerprint density at radius 1 is 1.62 bits per heavy atom. The summed E-state index contributed by atoms with van der Waals surface area (Å²) in [7, 11) is 0. The molecule has 2 rings (SSSR count). The second-order valence-electron chi connectivity index (χ2n) is 3.38. The van der Waals surface area contributed by atoms with E-state index < -0.39 is 6.43 Å². The van der Waals surface area contributed by atoms with Crippen molar-refractivity contribution in [1.29, 1.82) is 0 Å². The van der Waals surface area contributed by atoms with E-state index in [-0.39, 0.29) is 5.69 Å². The third-order valence-corrected chi connectivity index (χ3v) is 2.35. The first kappa shape index (κ1) is 8.66. The van der Waals surface area contributed by atoms with E-state index in [1.54, 1.807) is 10.7 Å². The molecular formula is C9H12F2N2. The molecule has 1 aliphatic rings. The lowest BCUT2D eigenvalue weighted by Gasteiger charge is -2.00. The summed E-state index contributed by atoms with van der Waals surface area (Å²) in [5.74, 6) is 0.486. The van der Waals surface area contributed by atoms with Crippen molar-refractivity contribution in [2.24, 2.45) is 0 Å². The van der Waals surface area contributed by atoms with Crippen LogP contribution in [0.25, 0.3) is 0 Å². The molecule has 0 spiro atoms. The molecule has 0 aliphatic heterocycles. The van der Waals surface area contributed by atoms with E-state index in [4.69, 9.17) is 0 Å². The van der Waals surface area contributed by atoms with E-state index >= 15 is 0 Å². The molecule has 0 aromatic carbocycles. The summed E-state index contributed by atoms with van der Waals surface area (Å²) in [5.41, 5.74) is 0.904. The van der Waals surface area contributed by atoms with Crippen LogP contribution in [-0.2, 0) is 6.54 Å². The molecule has 1 aromatic heterocycles. The average Bonchev–Trinajstić information content (AvgIpc) is 2.84. The standard InChI is InChI=1S/C9H12F2N2/c1-2-13-8(6-3-4-6)5-7(12-13)9(10)11/h5-6,9H,2-4H2,1H3. The van der Waals surface area contributed by atoms with E-state index in [0.717, 1.165) is 18.5 Å². The van der Waals surface area contributed by atoms with Gasteiger partial charge in [-0.25, -0.2) is 8.78 Å². The van der Waals surface area contributed by atoms with Gasteiger partial charge in [-0.1, -0.05) is 0 Å². The average molecular weight is 186 g/mol. The number of aryl methyl sites for hydroxylation is 1. The fourth-order valence-corrected chi connectivity index (χ4v) is 1.52. The van der Waals surface area contributed by atoms with Crippen LogP contribution in [0, 0.1) is 0 Å². The Morgan fingerprint density at radius 3 is 2.77 bits per heavy atom. The van der Waals surface area contributed by atoms with E-state index in [1.165, 1.54) is 0 Å². The Bertz CT molecular complexity index is 303. The number of hydrogen-bond acceptors (Lipinski definition) is 1. The van der Waals surface area contributed by atoms with Crippen molar-refractivity contribution in [2.45, 2.75) is 38.7 Å². The second kappa shape index (κ2) is 3.09. The molecule has 0 N–H and O–H groups in total. The number of alkyl halides is 2. The highest BCUT2D eigenvalue weighted by molar-refractivity contribution is 5.19. The minimum atomic E-state index is -2.44. The molecule has 0 unspecified atom stereocenters. The lowest BCUT2D eigenvalue weighted by Crippen LogP contribution is -2.01. The molecule has 1 heterocycles. The Labute approximate surface area is 75.6 Å². The predicted octanol–water partition coefficient (Wildman–Crippen LogP) is 2.72. The van der Waals surface area contributed by atoms with Gasteiger partial charge in [0.2, 0.25) is 0 Å². The van der Waals surface area contributed by atoms with Gasteiger partial charge in [-0.05, 0) is 25.8 Å². The Morgan fingerprint density at radius 2 is 2.31 bits per heavy atom. The predicted molar refractivity (Wildman–Crippen MR) is 44.8 cm³/mol. The summed E-state index contributed by atoms with van der Waals surface area (Å²) in [5, 5.41) is 3.86. The first-order valence-electron chi connectivity index (χ1n) is 4.58. The quantitative estimate of drug-likeness (QED) is 0.709. The Balaban J connectivity index is 2.31. The number of halogens is 2. The molecule has 0 atom stereocenters. The van der Waals surface area contributed by atoms with Crippen molar-refractivity contribution < 1.29 is 8.78 Å². The first-order valence-corrected chi connectivity index (χ1v) is 4.58. The summed E-state index contributed by atoms with van der Waals surface area (Å²) in [6.07, 6.45) is -0.201. The van der Waals surface area contributed by atoms with E-state index in [1.807, 2.05) is 6.92 Å². The molecule has 0 saturated heterocycles. The SMILES string of the molecule is CCn1nc(C(F)F)cc1C1CC1. The normalized spacial score (nSPS) is 16.9. The van der Waals surface area contributed by atoms with Crippen LogP contribution in [0.2, 0.25) is 0 Å². The molecule has 1 aliphatic carbocycles. The first-order chi connectivity index (χ1) is 6.22. The van der Waals surface area contributed by atoms with Crippen LogP contribution >= 0.6 is 0 Å². The van der Waals surface area contributed by atoms with Gasteiger partial charge in [0.1, 0.15) is 5.69 Å². The third kappa shape index (κ3) is 1.57. The third-order valence-electron chi connectivity index (χ3n) is 2.35. The summed E-state index contributed by atoms with van der Waals surface area (Å²) < 4.78 is 26.3. The van der Waals surface area contributed by atoms with Gasteiger partial charge in [0.25, 0.3) is 6.43 Å². The zero-order chi connectivity index (χ0) is 9.42. The zero-order valence-corrected chi connectivity index (χ0v) is 7.50. The molecule has 0 amide bonds. The fourth-order valence-electron chi connectivity index (χ4n) is 1.52. The van der Waals surface area contributed by atoms with Crippen LogP contribution in [0.1, 0.15) is 43.5 Å². The van der Waals surface area contributed by atoms with E-state index in [2.05, 4.69) is 5.10 Å². The molecule has 0 radical (unpaired) electrons. The zero-order valence-electron chi connectivity index (χ0n) is 7.50. The highest BCUT2D eigenvalue weighted by atomic mass is 19.3. The molecule has 1 aromatic rings. The van der Waals surface area contributed by atoms with E-state index in [9.17, 15) is 8.78 Å². The maximum atomic E-state index is 12.3. The van der Waals surface area contributed by atoms with Crippen LogP contribution in [0.4, 0.5) is 8.78 Å². The topological polar surface area (TPSA) is 17.8 Å². The molecule has 72 valence electrons. The van der Waals surface area contributed by atoms with Crippen LogP contribution in [0.5, 0.6) is 0 Å². The molecule has 13 heavy (non-hydrogen) atoms. The second-order valence-corrected chi connectivity index (χ2v) is 3.38. The summed E-state index contributed by atoms with van der Waals surface area (Å²) >= 11 is 0. The van der Waals surface area contributed by atoms with Gasteiger partial charge in [0.15, 0.2) is 0 Å². The highest BCUT2D eigenvalue weighted by Gasteiger charge is 2.28. The monoisotopic (exact) mass is 186 g/mol. The fraction of sp³-hybridized carbons (Fsp3) is 0.667. The van der Waals surface area contributed by atoms with Crippen molar-refractivity contribution in [1.82, 2.24) is 9.78 Å². The van der Waals surface area contributed by atoms with Crippen molar-refractivity contribution >= 4 is 0 Å². The van der Waals surface area contributed by atoms with Crippen molar-refractivity contribution in [3.63, 3.8) is 0 Å². The number of nitrogens with zero attached hydrogens (tertiary/aromatic N) is 2. The summed E-state index contributed by atoms with van der Waals surface area (Å²) in [4.78, 5) is 0. The molecule has 1 fully saturated rings. The van der Waals surface area contributed by atoms with Gasteiger partial charge in [-0.3, -0.25) is 4.68 Å². The van der Waals surface area contributed by atoms with Crippen LogP contribution in [0.15, 0.2) is 6.07 Å². The van der Waals surface area contributed by atoms with Gasteiger partial charge in [-0.2, -0.15) is 5.10 Å². The molecule has 2 nitrogen and oxygen atoms in total. The van der Waals surface area contributed by atoms with Crippen LogP contribution in [-0.4, -0.2) is 9.78 Å².